The normalized spacial score (nSPS) is 34.7. The summed E-state index contributed by atoms with van der Waals surface area (Å²) >= 11 is 2.77. The molecule has 1 aromatic rings. The van der Waals surface area contributed by atoms with Gasteiger partial charge in [-0.15, -0.1) is 0 Å². The minimum absolute atomic E-state index is 0.0250. The number of aromatic nitrogens is 1. The Hall–Kier alpha value is -1.87. The lowest BCUT2D eigenvalue weighted by Crippen LogP contribution is -2.37. The molecule has 9 heteroatoms. The summed E-state index contributed by atoms with van der Waals surface area (Å²) in [6, 6.07) is 0. The molecule has 7 nitrogen and oxygen atoms in total. The number of hydrogen-bond donors (Lipinski definition) is 1. The van der Waals surface area contributed by atoms with Crippen molar-refractivity contribution >= 4 is 47.0 Å². The van der Waals surface area contributed by atoms with Crippen molar-refractivity contribution < 1.29 is 19.1 Å². The first-order valence-corrected chi connectivity index (χ1v) is 9.72. The minimum atomic E-state index is -0.584. The van der Waals surface area contributed by atoms with Crippen molar-refractivity contribution in [2.75, 3.05) is 13.7 Å². The van der Waals surface area contributed by atoms with E-state index in [1.165, 1.54) is 24.0 Å². The molecular formula is C16H14N2O5S2. The van der Waals surface area contributed by atoms with E-state index < -0.39 is 5.97 Å². The van der Waals surface area contributed by atoms with Gasteiger partial charge in [0.25, 0.3) is 0 Å². The third kappa shape index (κ3) is 1.93. The first-order chi connectivity index (χ1) is 12.0. The molecule has 2 saturated carbocycles. The van der Waals surface area contributed by atoms with Crippen molar-refractivity contribution in [3.8, 4) is 0 Å². The van der Waals surface area contributed by atoms with Gasteiger partial charge in [-0.1, -0.05) is 28.7 Å². The topological polar surface area (TPSA) is 96.5 Å². The largest absolute Gasteiger partial charge is 0.468 e. The number of amides is 2. The third-order valence-electron chi connectivity index (χ3n) is 5.76. The van der Waals surface area contributed by atoms with Crippen LogP contribution in [0.4, 0.5) is 0 Å². The first kappa shape index (κ1) is 15.4. The Morgan fingerprint density at radius 3 is 2.84 bits per heavy atom. The summed E-state index contributed by atoms with van der Waals surface area (Å²) in [4.78, 5) is 53.4. The number of aromatic amines is 1. The molecule has 5 rings (SSSR count). The van der Waals surface area contributed by atoms with Gasteiger partial charge in [-0.05, 0) is 24.3 Å². The molecule has 4 aliphatic rings. The molecule has 2 aliphatic carbocycles. The van der Waals surface area contributed by atoms with Gasteiger partial charge >= 0.3 is 10.8 Å². The summed E-state index contributed by atoms with van der Waals surface area (Å²) < 4.78 is 4.61. The quantitative estimate of drug-likeness (QED) is 0.602. The molecular weight excluding hydrogens is 364 g/mol. The van der Waals surface area contributed by atoms with Crippen LogP contribution in [0.1, 0.15) is 11.3 Å². The average molecular weight is 378 g/mol. The van der Waals surface area contributed by atoms with Crippen molar-refractivity contribution in [3.63, 3.8) is 0 Å². The van der Waals surface area contributed by atoms with Crippen LogP contribution in [-0.2, 0) is 19.1 Å². The second-order valence-electron chi connectivity index (χ2n) is 6.79. The molecule has 2 amide bonds. The van der Waals surface area contributed by atoms with E-state index in [1.54, 1.807) is 11.8 Å². The van der Waals surface area contributed by atoms with Gasteiger partial charge in [0.05, 0.1) is 28.8 Å². The number of thiazole rings is 1. The van der Waals surface area contributed by atoms with E-state index in [4.69, 9.17) is 0 Å². The van der Waals surface area contributed by atoms with Gasteiger partial charge in [0.1, 0.15) is 6.54 Å². The summed E-state index contributed by atoms with van der Waals surface area (Å²) in [7, 11) is 1.24. The van der Waals surface area contributed by atoms with Gasteiger partial charge in [-0.2, -0.15) is 0 Å². The van der Waals surface area contributed by atoms with Crippen LogP contribution in [0, 0.1) is 23.7 Å². The highest BCUT2D eigenvalue weighted by molar-refractivity contribution is 8.00. The second-order valence-corrected chi connectivity index (χ2v) is 8.95. The predicted octanol–water partition coefficient (Wildman–Crippen LogP) is 0.718. The highest BCUT2D eigenvalue weighted by atomic mass is 32.2. The highest BCUT2D eigenvalue weighted by Gasteiger charge is 2.66. The fourth-order valence-electron chi connectivity index (χ4n) is 4.83. The Balaban J connectivity index is 1.51. The van der Waals surface area contributed by atoms with Gasteiger partial charge in [-0.25, -0.2) is 0 Å². The van der Waals surface area contributed by atoms with Gasteiger partial charge in [-0.3, -0.25) is 24.1 Å². The zero-order valence-corrected chi connectivity index (χ0v) is 14.8. The lowest BCUT2D eigenvalue weighted by atomic mass is 9.77. The molecule has 1 aromatic heterocycles. The molecule has 130 valence electrons. The lowest BCUT2D eigenvalue weighted by Gasteiger charge is -2.32. The molecule has 1 saturated heterocycles. The summed E-state index contributed by atoms with van der Waals surface area (Å²) in [5, 5.41) is 0.981. The average Bonchev–Trinajstić information content (AvgIpc) is 3.29. The zero-order chi connectivity index (χ0) is 17.5. The van der Waals surface area contributed by atoms with Crippen LogP contribution in [0.3, 0.4) is 0 Å². The number of nitrogens with zero attached hydrogens (tertiary/aromatic N) is 1. The number of fused-ring (bicyclic) bond motifs is 9. The number of likely N-dealkylation sites (tertiary alicyclic amines) is 1. The molecule has 2 aliphatic heterocycles. The number of ether oxygens (including phenoxy) is 1. The van der Waals surface area contributed by atoms with E-state index in [9.17, 15) is 19.2 Å². The summed E-state index contributed by atoms with van der Waals surface area (Å²) in [5.74, 6) is -1.73. The second kappa shape index (κ2) is 5.07. The molecule has 2 bridgehead atoms. The maximum atomic E-state index is 12.8. The SMILES string of the molecule is COC(=O)CN1C(=O)[C@@H]2[C@H]3C[C@@H](C4=Cc5sc(=O)[nH]c5S[C@H]43)[C@H]2C1=O. The Labute approximate surface area is 150 Å². The first-order valence-electron chi connectivity index (χ1n) is 8.03. The number of hydrogen-bond acceptors (Lipinski definition) is 7. The molecule has 3 heterocycles. The molecule has 0 unspecified atom stereocenters. The Morgan fingerprint density at radius 1 is 1.32 bits per heavy atom. The van der Waals surface area contributed by atoms with Crippen molar-refractivity contribution in [3.05, 3.63) is 20.1 Å². The van der Waals surface area contributed by atoms with Crippen LogP contribution in [-0.4, -0.2) is 46.6 Å². The summed E-state index contributed by atoms with van der Waals surface area (Å²) in [6.45, 7) is -0.307. The van der Waals surface area contributed by atoms with Crippen molar-refractivity contribution in [1.82, 2.24) is 9.88 Å². The van der Waals surface area contributed by atoms with E-state index in [1.807, 2.05) is 6.08 Å². The van der Waals surface area contributed by atoms with E-state index in [-0.39, 0.29) is 52.2 Å². The van der Waals surface area contributed by atoms with Crippen molar-refractivity contribution in [2.24, 2.45) is 23.7 Å². The maximum absolute atomic E-state index is 12.8. The van der Waals surface area contributed by atoms with E-state index in [2.05, 4.69) is 9.72 Å². The van der Waals surface area contributed by atoms with Gasteiger partial charge in [0.15, 0.2) is 0 Å². The molecule has 5 atom stereocenters. The van der Waals surface area contributed by atoms with Crippen LogP contribution in [0.5, 0.6) is 0 Å². The number of esters is 1. The van der Waals surface area contributed by atoms with Gasteiger partial charge in [0, 0.05) is 5.25 Å². The minimum Gasteiger partial charge on any atom is -0.468 e. The number of thioether (sulfide) groups is 1. The number of imide groups is 1. The molecule has 25 heavy (non-hydrogen) atoms. The standard InChI is InChI=1S/C16H14N2O5S2/c1-23-9(19)4-18-14(20)10-5-2-7(11(10)15(18)21)12-6(5)3-8-13(25-12)17-16(22)24-8/h3,5,7,10-12H,2,4H2,1H3,(H,17,22)/t5-,7+,10+,11+,12+/m0/s1. The fourth-order valence-corrected chi connectivity index (χ4v) is 7.27. The van der Waals surface area contributed by atoms with Crippen LogP contribution >= 0.6 is 23.1 Å². The van der Waals surface area contributed by atoms with Crippen molar-refractivity contribution in [2.45, 2.75) is 16.7 Å². The number of methoxy groups -OCH3 is 1. The van der Waals surface area contributed by atoms with E-state index >= 15 is 0 Å². The highest BCUT2D eigenvalue weighted by Crippen LogP contribution is 2.64. The molecule has 0 aromatic carbocycles. The molecule has 1 N–H and O–H groups in total. The molecule has 0 radical (unpaired) electrons. The summed E-state index contributed by atoms with van der Waals surface area (Å²) in [6.07, 6.45) is 2.85. The Bertz CT molecular complexity index is 916. The predicted molar refractivity (Wildman–Crippen MR) is 89.9 cm³/mol. The van der Waals surface area contributed by atoms with E-state index in [0.29, 0.717) is 0 Å². The van der Waals surface area contributed by atoms with Crippen molar-refractivity contribution in [1.29, 1.82) is 0 Å². The van der Waals surface area contributed by atoms with Crippen LogP contribution in [0.25, 0.3) is 6.08 Å². The van der Waals surface area contributed by atoms with Gasteiger partial charge < -0.3 is 9.72 Å². The Kier molecular flexibility index (Phi) is 3.12. The van der Waals surface area contributed by atoms with E-state index in [0.717, 1.165) is 21.2 Å². The van der Waals surface area contributed by atoms with Gasteiger partial charge in [0.2, 0.25) is 11.8 Å². The molecule has 3 fully saturated rings. The number of carbonyl (C=O) groups excluding carboxylic acids is 3. The summed E-state index contributed by atoms with van der Waals surface area (Å²) in [5.41, 5.74) is 1.17. The zero-order valence-electron chi connectivity index (χ0n) is 13.2. The lowest BCUT2D eigenvalue weighted by molar-refractivity contribution is -0.151. The number of H-pyrrole nitrogens is 1. The fraction of sp³-hybridized carbons (Fsp3) is 0.500. The number of carbonyl (C=O) groups is 3. The Morgan fingerprint density at radius 2 is 2.08 bits per heavy atom. The number of rotatable bonds is 2. The number of nitrogens with one attached hydrogen (secondary N) is 1. The maximum Gasteiger partial charge on any atom is 0.325 e. The van der Waals surface area contributed by atoms with Crippen LogP contribution in [0.15, 0.2) is 15.4 Å². The third-order valence-corrected chi connectivity index (χ3v) is 8.15. The smallest absolute Gasteiger partial charge is 0.325 e. The monoisotopic (exact) mass is 378 g/mol. The van der Waals surface area contributed by atoms with Crippen LogP contribution in [0.2, 0.25) is 0 Å². The molecule has 0 spiro atoms. The van der Waals surface area contributed by atoms with Crippen LogP contribution < -0.4 is 4.87 Å².